The molecule has 2 N–H and O–H groups in total. The van der Waals surface area contributed by atoms with Crippen LogP contribution in [0.5, 0.6) is 0 Å². The van der Waals surface area contributed by atoms with Crippen molar-refractivity contribution >= 4 is 23.4 Å². The number of carbonyl (C=O) groups is 2. The highest BCUT2D eigenvalue weighted by Gasteiger charge is 2.18. The molecule has 1 aromatic heterocycles. The van der Waals surface area contributed by atoms with Gasteiger partial charge in [0.25, 0.3) is 0 Å². The first-order valence-electron chi connectivity index (χ1n) is 9.77. The zero-order valence-electron chi connectivity index (χ0n) is 17.6. The Hall–Kier alpha value is -4.25. The summed E-state index contributed by atoms with van der Waals surface area (Å²) in [7, 11) is 1.21. The van der Waals surface area contributed by atoms with E-state index in [1.807, 2.05) is 25.1 Å². The summed E-state index contributed by atoms with van der Waals surface area (Å²) < 4.78 is 18.9. The third-order valence-electron chi connectivity index (χ3n) is 4.79. The van der Waals surface area contributed by atoms with E-state index in [0.717, 1.165) is 11.1 Å². The molecule has 0 bridgehead atoms. The number of esters is 1. The van der Waals surface area contributed by atoms with E-state index in [9.17, 15) is 14.0 Å². The molecular weight excluding hydrogens is 411 g/mol. The van der Waals surface area contributed by atoms with Gasteiger partial charge in [0.15, 0.2) is 0 Å². The van der Waals surface area contributed by atoms with Crippen molar-refractivity contribution in [2.45, 2.75) is 19.9 Å². The summed E-state index contributed by atoms with van der Waals surface area (Å²) in [5.74, 6) is -1.30. The number of methoxy groups -OCH3 is 1. The molecule has 7 nitrogen and oxygen atoms in total. The summed E-state index contributed by atoms with van der Waals surface area (Å²) >= 11 is 0. The van der Waals surface area contributed by atoms with Gasteiger partial charge < -0.3 is 15.4 Å². The number of rotatable bonds is 7. The van der Waals surface area contributed by atoms with Crippen LogP contribution < -0.4 is 10.6 Å². The molecule has 162 valence electrons. The van der Waals surface area contributed by atoms with Gasteiger partial charge in [0.05, 0.1) is 18.9 Å². The quantitative estimate of drug-likeness (QED) is 0.535. The van der Waals surface area contributed by atoms with E-state index in [0.29, 0.717) is 29.2 Å². The second kappa shape index (κ2) is 10.2. The number of carbonyl (C=O) groups excluding carboxylic acids is 2. The van der Waals surface area contributed by atoms with Gasteiger partial charge in [-0.25, -0.2) is 14.2 Å². The number of nitriles is 1. The molecule has 0 radical (unpaired) electrons. The van der Waals surface area contributed by atoms with Crippen LogP contribution in [0, 0.1) is 24.1 Å². The van der Waals surface area contributed by atoms with E-state index in [2.05, 4.69) is 15.6 Å². The lowest BCUT2D eigenvalue weighted by Gasteiger charge is -2.14. The molecule has 1 heterocycles. The van der Waals surface area contributed by atoms with E-state index < -0.39 is 17.7 Å². The first-order valence-corrected chi connectivity index (χ1v) is 9.77. The first kappa shape index (κ1) is 22.4. The maximum absolute atomic E-state index is 14.2. The molecule has 1 amide bonds. The molecule has 8 heteroatoms. The number of nitrogens with one attached hydrogen (secondary N) is 2. The summed E-state index contributed by atoms with van der Waals surface area (Å²) in [6, 6.07) is 15.3. The lowest BCUT2D eigenvalue weighted by molar-refractivity contribution is -0.115. The van der Waals surface area contributed by atoms with E-state index in [4.69, 9.17) is 10.00 Å². The molecule has 3 aromatic rings. The van der Waals surface area contributed by atoms with E-state index in [1.165, 1.54) is 19.2 Å². The summed E-state index contributed by atoms with van der Waals surface area (Å²) in [6.45, 7) is 2.24. The number of pyridine rings is 1. The summed E-state index contributed by atoms with van der Waals surface area (Å²) in [6.07, 6.45) is 1.38. The van der Waals surface area contributed by atoms with Crippen LogP contribution in [0.4, 0.5) is 15.9 Å². The fraction of sp³-hybridized carbons (Fsp3) is 0.167. The number of halogens is 1. The smallest absolute Gasteiger partial charge is 0.341 e. The van der Waals surface area contributed by atoms with Crippen molar-refractivity contribution in [2.24, 2.45) is 0 Å². The Morgan fingerprint density at radius 3 is 2.59 bits per heavy atom. The molecule has 0 unspecified atom stereocenters. The Balaban J connectivity index is 1.79. The van der Waals surface area contributed by atoms with Crippen molar-refractivity contribution in [3.63, 3.8) is 0 Å². The highest BCUT2D eigenvalue weighted by Crippen LogP contribution is 2.28. The Morgan fingerprint density at radius 2 is 1.91 bits per heavy atom. The second-order valence-corrected chi connectivity index (χ2v) is 6.94. The number of benzene rings is 2. The van der Waals surface area contributed by atoms with Crippen LogP contribution in [0.1, 0.15) is 27.9 Å². The molecule has 3 rings (SSSR count). The van der Waals surface area contributed by atoms with Gasteiger partial charge in [0.2, 0.25) is 5.91 Å². The fourth-order valence-corrected chi connectivity index (χ4v) is 3.17. The number of amides is 1. The molecular formula is C24H21FN4O3. The van der Waals surface area contributed by atoms with Crippen LogP contribution in [0.15, 0.2) is 54.7 Å². The summed E-state index contributed by atoms with van der Waals surface area (Å²) in [5.41, 5.74) is 3.24. The highest BCUT2D eigenvalue weighted by molar-refractivity contribution is 5.97. The van der Waals surface area contributed by atoms with Gasteiger partial charge in [-0.2, -0.15) is 5.26 Å². The Morgan fingerprint density at radius 1 is 1.16 bits per heavy atom. The second-order valence-electron chi connectivity index (χ2n) is 6.94. The minimum absolute atomic E-state index is 0.109. The average Bonchev–Trinajstić information content (AvgIpc) is 2.79. The highest BCUT2D eigenvalue weighted by atomic mass is 19.1. The van der Waals surface area contributed by atoms with Crippen LogP contribution in [-0.4, -0.2) is 24.0 Å². The monoisotopic (exact) mass is 432 g/mol. The van der Waals surface area contributed by atoms with Gasteiger partial charge >= 0.3 is 5.97 Å². The number of aryl methyl sites for hydroxylation is 1. The summed E-state index contributed by atoms with van der Waals surface area (Å²) in [5, 5.41) is 14.6. The maximum atomic E-state index is 14.2. The van der Waals surface area contributed by atoms with Gasteiger partial charge in [-0.3, -0.25) is 4.79 Å². The number of aromatic nitrogens is 1. The van der Waals surface area contributed by atoms with E-state index in [1.54, 1.807) is 30.5 Å². The van der Waals surface area contributed by atoms with Gasteiger partial charge in [0, 0.05) is 12.7 Å². The lowest BCUT2D eigenvalue weighted by atomic mass is 9.98. The molecule has 0 fully saturated rings. The van der Waals surface area contributed by atoms with Crippen molar-refractivity contribution in [3.05, 3.63) is 77.2 Å². The molecule has 0 saturated heterocycles. The van der Waals surface area contributed by atoms with Crippen molar-refractivity contribution in [1.82, 2.24) is 4.98 Å². The number of anilines is 2. The number of ether oxygens (including phenoxy) is 1. The first-order chi connectivity index (χ1) is 15.4. The zero-order valence-corrected chi connectivity index (χ0v) is 17.6. The minimum atomic E-state index is -0.736. The van der Waals surface area contributed by atoms with Crippen molar-refractivity contribution in [3.8, 4) is 17.2 Å². The van der Waals surface area contributed by atoms with Gasteiger partial charge in [0.1, 0.15) is 23.6 Å². The van der Waals surface area contributed by atoms with Gasteiger partial charge in [-0.1, -0.05) is 36.4 Å². The van der Waals surface area contributed by atoms with Crippen LogP contribution in [0.2, 0.25) is 0 Å². The summed E-state index contributed by atoms with van der Waals surface area (Å²) in [4.78, 5) is 28.1. The zero-order chi connectivity index (χ0) is 23.1. The molecule has 0 saturated carbocycles. The fourth-order valence-electron chi connectivity index (χ4n) is 3.17. The number of hydrogen-bond donors (Lipinski definition) is 2. The maximum Gasteiger partial charge on any atom is 0.341 e. The molecule has 0 aliphatic heterocycles. The normalized spacial score (nSPS) is 10.2. The number of hydrogen-bond acceptors (Lipinski definition) is 6. The minimum Gasteiger partial charge on any atom is -0.465 e. The van der Waals surface area contributed by atoms with E-state index >= 15 is 0 Å². The third-order valence-corrected chi connectivity index (χ3v) is 4.79. The topological polar surface area (TPSA) is 104 Å². The number of nitrogens with zero attached hydrogens (tertiary/aromatic N) is 2. The molecule has 32 heavy (non-hydrogen) atoms. The SMILES string of the molecule is COC(=O)c1c(F)cccc1-c1ccc(CNc2nccc(C)c2NC(=O)CC#N)cc1. The van der Waals surface area contributed by atoms with Crippen molar-refractivity contribution in [1.29, 1.82) is 5.26 Å². The van der Waals surface area contributed by atoms with E-state index in [-0.39, 0.29) is 12.0 Å². The van der Waals surface area contributed by atoms with Crippen molar-refractivity contribution in [2.75, 3.05) is 17.7 Å². The predicted octanol–water partition coefficient (Wildman–Crippen LogP) is 4.45. The van der Waals surface area contributed by atoms with Crippen LogP contribution in [-0.2, 0) is 16.1 Å². The Labute approximate surface area is 184 Å². The van der Waals surface area contributed by atoms with Gasteiger partial charge in [-0.15, -0.1) is 0 Å². The molecule has 0 aliphatic carbocycles. The molecule has 0 aliphatic rings. The lowest BCUT2D eigenvalue weighted by Crippen LogP contribution is -2.14. The van der Waals surface area contributed by atoms with Crippen molar-refractivity contribution < 1.29 is 18.7 Å². The van der Waals surface area contributed by atoms with Crippen LogP contribution >= 0.6 is 0 Å². The molecule has 0 spiro atoms. The molecule has 2 aromatic carbocycles. The van der Waals surface area contributed by atoms with Gasteiger partial charge in [-0.05, 0) is 41.3 Å². The standard InChI is InChI=1S/C24H21FN4O3/c1-15-11-13-27-23(22(15)29-20(30)10-12-26)28-14-16-6-8-17(9-7-16)18-4-3-5-19(25)21(18)24(31)32-2/h3-9,11,13H,10,14H2,1-2H3,(H,27,28)(H,29,30). The van der Waals surface area contributed by atoms with Crippen LogP contribution in [0.3, 0.4) is 0 Å². The largest absolute Gasteiger partial charge is 0.465 e. The molecule has 0 atom stereocenters. The Kier molecular flexibility index (Phi) is 7.13. The predicted molar refractivity (Wildman–Crippen MR) is 118 cm³/mol. The third kappa shape index (κ3) is 5.08. The van der Waals surface area contributed by atoms with Crippen LogP contribution in [0.25, 0.3) is 11.1 Å². The average molecular weight is 432 g/mol. The Bertz CT molecular complexity index is 1190.